The molecule has 0 aliphatic carbocycles. The van der Waals surface area contributed by atoms with Crippen molar-refractivity contribution in [2.24, 2.45) is 0 Å². The Bertz CT molecular complexity index is 1050. The van der Waals surface area contributed by atoms with Crippen molar-refractivity contribution < 1.29 is 14.7 Å². The van der Waals surface area contributed by atoms with E-state index in [1.165, 1.54) is 23.5 Å². The quantitative estimate of drug-likeness (QED) is 0.552. The number of benzene rings is 2. The number of amides is 1. The van der Waals surface area contributed by atoms with Crippen LogP contribution in [0.5, 0.6) is 0 Å². The van der Waals surface area contributed by atoms with Crippen molar-refractivity contribution in [3.8, 4) is 0 Å². The number of rotatable bonds is 3. The van der Waals surface area contributed by atoms with Gasteiger partial charge in [0.15, 0.2) is 5.11 Å². The third kappa shape index (κ3) is 3.70. The number of nitrogens with one attached hydrogen (secondary N) is 2. The molecule has 0 aliphatic heterocycles. The fraction of sp³-hybridized carbons (Fsp3) is 0.0556. The van der Waals surface area contributed by atoms with Gasteiger partial charge in [-0.05, 0) is 42.9 Å². The number of carboxylic acid groups (broad SMARTS) is 1. The van der Waals surface area contributed by atoms with Crippen molar-refractivity contribution in [1.82, 2.24) is 5.32 Å². The predicted octanol–water partition coefficient (Wildman–Crippen LogP) is 4.69. The predicted molar refractivity (Wildman–Crippen MR) is 109 cm³/mol. The van der Waals surface area contributed by atoms with Gasteiger partial charge in [-0.1, -0.05) is 35.9 Å². The van der Waals surface area contributed by atoms with Gasteiger partial charge in [-0.25, -0.2) is 4.79 Å². The largest absolute Gasteiger partial charge is 0.478 e. The van der Waals surface area contributed by atoms with Crippen LogP contribution in [0, 0.1) is 6.92 Å². The number of aromatic carboxylic acids is 1. The molecule has 3 rings (SSSR count). The van der Waals surface area contributed by atoms with E-state index >= 15 is 0 Å². The van der Waals surface area contributed by atoms with Gasteiger partial charge >= 0.3 is 5.97 Å². The van der Waals surface area contributed by atoms with Crippen LogP contribution < -0.4 is 10.6 Å². The molecule has 0 fully saturated rings. The zero-order valence-electron chi connectivity index (χ0n) is 13.5. The average molecular weight is 405 g/mol. The summed E-state index contributed by atoms with van der Waals surface area (Å²) in [6.45, 7) is 1.81. The summed E-state index contributed by atoms with van der Waals surface area (Å²) >= 11 is 12.8. The summed E-state index contributed by atoms with van der Waals surface area (Å²) < 4.78 is 0.909. The Hall–Kier alpha value is -2.48. The number of anilines is 1. The van der Waals surface area contributed by atoms with E-state index in [9.17, 15) is 9.59 Å². The highest BCUT2D eigenvalue weighted by Gasteiger charge is 2.18. The van der Waals surface area contributed by atoms with Gasteiger partial charge in [0.2, 0.25) is 0 Å². The van der Waals surface area contributed by atoms with Gasteiger partial charge in [0.1, 0.15) is 4.88 Å². The number of aryl methyl sites for hydroxylation is 1. The summed E-state index contributed by atoms with van der Waals surface area (Å²) in [6.07, 6.45) is 0. The molecule has 8 heteroatoms. The first-order chi connectivity index (χ1) is 12.4. The van der Waals surface area contributed by atoms with Gasteiger partial charge in [-0.15, -0.1) is 11.3 Å². The molecule has 26 heavy (non-hydrogen) atoms. The number of carbonyl (C=O) groups is 2. The maximum absolute atomic E-state index is 12.5. The van der Waals surface area contributed by atoms with Crippen LogP contribution in [0.25, 0.3) is 10.1 Å². The zero-order chi connectivity index (χ0) is 18.8. The molecule has 0 bridgehead atoms. The van der Waals surface area contributed by atoms with E-state index in [0.717, 1.165) is 15.6 Å². The lowest BCUT2D eigenvalue weighted by Gasteiger charge is -2.12. The molecule has 0 atom stereocenters. The summed E-state index contributed by atoms with van der Waals surface area (Å²) in [6, 6.07) is 12.1. The summed E-state index contributed by atoms with van der Waals surface area (Å²) in [5, 5.41) is 15.8. The molecule has 1 heterocycles. The molecule has 0 unspecified atom stereocenters. The Morgan fingerprint density at radius 3 is 2.62 bits per heavy atom. The van der Waals surface area contributed by atoms with Crippen LogP contribution in [0.2, 0.25) is 5.02 Å². The lowest BCUT2D eigenvalue weighted by molar-refractivity contribution is 0.0696. The molecular formula is C18H13ClN2O3S2. The second-order valence-electron chi connectivity index (χ2n) is 5.48. The summed E-state index contributed by atoms with van der Waals surface area (Å²) in [7, 11) is 0. The Morgan fingerprint density at radius 1 is 1.19 bits per heavy atom. The first-order valence-corrected chi connectivity index (χ1v) is 9.10. The van der Waals surface area contributed by atoms with E-state index in [0.29, 0.717) is 15.6 Å². The summed E-state index contributed by atoms with van der Waals surface area (Å²) in [5.41, 5.74) is 1.43. The van der Waals surface area contributed by atoms with Crippen molar-refractivity contribution in [3.63, 3.8) is 0 Å². The van der Waals surface area contributed by atoms with Crippen LogP contribution in [0.1, 0.15) is 25.6 Å². The molecular weight excluding hydrogens is 392 g/mol. The Labute approximate surface area is 163 Å². The SMILES string of the molecule is Cc1ccc(C(=O)O)cc1NC(=S)NC(=O)c1sc2ccccc2c1Cl. The van der Waals surface area contributed by atoms with E-state index in [-0.39, 0.29) is 10.7 Å². The van der Waals surface area contributed by atoms with Gasteiger partial charge in [0.25, 0.3) is 5.91 Å². The Morgan fingerprint density at radius 2 is 1.92 bits per heavy atom. The number of thiophene rings is 1. The van der Waals surface area contributed by atoms with E-state index < -0.39 is 11.9 Å². The van der Waals surface area contributed by atoms with Crippen molar-refractivity contribution in [2.75, 3.05) is 5.32 Å². The molecule has 5 nitrogen and oxygen atoms in total. The van der Waals surface area contributed by atoms with E-state index in [2.05, 4.69) is 10.6 Å². The standard InChI is InChI=1S/C18H13ClN2O3S2/c1-9-6-7-10(17(23)24)8-12(9)20-18(25)21-16(22)15-14(19)11-4-2-3-5-13(11)26-15/h2-8H,1H3,(H,23,24)(H2,20,21,22,25). The minimum absolute atomic E-state index is 0.0640. The van der Waals surface area contributed by atoms with Crippen molar-refractivity contribution in [2.45, 2.75) is 6.92 Å². The van der Waals surface area contributed by atoms with E-state index in [4.69, 9.17) is 28.9 Å². The second-order valence-corrected chi connectivity index (χ2v) is 7.32. The zero-order valence-corrected chi connectivity index (χ0v) is 15.9. The first-order valence-electron chi connectivity index (χ1n) is 7.50. The number of hydrogen-bond donors (Lipinski definition) is 3. The van der Waals surface area contributed by atoms with E-state index in [1.54, 1.807) is 13.0 Å². The number of hydrogen-bond acceptors (Lipinski definition) is 4. The van der Waals surface area contributed by atoms with Gasteiger partial charge in [0, 0.05) is 15.8 Å². The van der Waals surface area contributed by atoms with Crippen LogP contribution in [0.4, 0.5) is 5.69 Å². The van der Waals surface area contributed by atoms with Crippen molar-refractivity contribution in [3.05, 3.63) is 63.5 Å². The topological polar surface area (TPSA) is 78.4 Å². The van der Waals surface area contributed by atoms with Crippen LogP contribution in [0.3, 0.4) is 0 Å². The second kappa shape index (κ2) is 7.41. The Balaban J connectivity index is 1.77. The third-order valence-electron chi connectivity index (χ3n) is 3.70. The molecule has 0 aliphatic rings. The maximum Gasteiger partial charge on any atom is 0.335 e. The van der Waals surface area contributed by atoms with Crippen LogP contribution in [-0.2, 0) is 0 Å². The first kappa shape index (κ1) is 18.3. The summed E-state index contributed by atoms with van der Waals surface area (Å²) in [5.74, 6) is -1.46. The van der Waals surface area contributed by atoms with Crippen molar-refractivity contribution in [1.29, 1.82) is 0 Å². The highest BCUT2D eigenvalue weighted by Crippen LogP contribution is 2.35. The average Bonchev–Trinajstić information content (AvgIpc) is 2.94. The molecule has 132 valence electrons. The lowest BCUT2D eigenvalue weighted by Crippen LogP contribution is -2.34. The molecule has 0 saturated carbocycles. The van der Waals surface area contributed by atoms with Crippen LogP contribution >= 0.6 is 35.2 Å². The molecule has 1 amide bonds. The fourth-order valence-corrected chi connectivity index (χ4v) is 3.98. The maximum atomic E-state index is 12.5. The molecule has 0 spiro atoms. The minimum atomic E-state index is -1.04. The molecule has 0 radical (unpaired) electrons. The number of carbonyl (C=O) groups excluding carboxylic acids is 1. The monoisotopic (exact) mass is 404 g/mol. The van der Waals surface area contributed by atoms with Crippen molar-refractivity contribution >= 4 is 67.9 Å². The smallest absolute Gasteiger partial charge is 0.335 e. The molecule has 3 aromatic rings. The number of carboxylic acids is 1. The third-order valence-corrected chi connectivity index (χ3v) is 5.58. The molecule has 3 N–H and O–H groups in total. The van der Waals surface area contributed by atoms with Crippen LogP contribution in [0.15, 0.2) is 42.5 Å². The van der Waals surface area contributed by atoms with Gasteiger partial charge < -0.3 is 10.4 Å². The fourth-order valence-electron chi connectivity index (χ4n) is 2.36. The van der Waals surface area contributed by atoms with Crippen LogP contribution in [-0.4, -0.2) is 22.1 Å². The lowest BCUT2D eigenvalue weighted by atomic mass is 10.1. The highest BCUT2D eigenvalue weighted by atomic mass is 35.5. The van der Waals surface area contributed by atoms with Gasteiger partial charge in [-0.3, -0.25) is 10.1 Å². The molecule has 0 saturated heterocycles. The Kier molecular flexibility index (Phi) is 5.22. The summed E-state index contributed by atoms with van der Waals surface area (Å²) in [4.78, 5) is 23.9. The number of fused-ring (bicyclic) bond motifs is 1. The number of thiocarbonyl (C=S) groups is 1. The van der Waals surface area contributed by atoms with Gasteiger partial charge in [0.05, 0.1) is 10.6 Å². The normalized spacial score (nSPS) is 10.5. The van der Waals surface area contributed by atoms with E-state index in [1.807, 2.05) is 24.3 Å². The molecule has 2 aromatic carbocycles. The molecule has 1 aromatic heterocycles. The minimum Gasteiger partial charge on any atom is -0.478 e. The highest BCUT2D eigenvalue weighted by molar-refractivity contribution is 7.80. The van der Waals surface area contributed by atoms with Gasteiger partial charge in [-0.2, -0.15) is 0 Å². The number of halogens is 1.